The number of rotatable bonds is 0. The van der Waals surface area contributed by atoms with Gasteiger partial charge in [-0.15, -0.1) is 0 Å². The lowest BCUT2D eigenvalue weighted by atomic mass is 10.0. The minimum absolute atomic E-state index is 0.173. The van der Waals surface area contributed by atoms with Crippen molar-refractivity contribution in [1.82, 2.24) is 0 Å². The lowest BCUT2D eigenvalue weighted by molar-refractivity contribution is -0.111. The molecule has 0 spiro atoms. The molecule has 1 aliphatic carbocycles. The van der Waals surface area contributed by atoms with E-state index in [9.17, 15) is 9.90 Å². The van der Waals surface area contributed by atoms with Crippen molar-refractivity contribution < 1.29 is 9.90 Å². The van der Waals surface area contributed by atoms with Gasteiger partial charge in [0.05, 0.1) is 8.96 Å². The van der Waals surface area contributed by atoms with Crippen molar-refractivity contribution in [3.05, 3.63) is 19.5 Å². The van der Waals surface area contributed by atoms with Crippen LogP contribution in [0.1, 0.15) is 6.92 Å². The number of carbonyl (C=O) groups excluding carboxylic acids is 1. The lowest BCUT2D eigenvalue weighted by Gasteiger charge is -2.24. The van der Waals surface area contributed by atoms with Gasteiger partial charge in [-0.2, -0.15) is 0 Å². The van der Waals surface area contributed by atoms with E-state index >= 15 is 0 Å². The first-order chi connectivity index (χ1) is 5.36. The molecule has 1 rings (SSSR count). The van der Waals surface area contributed by atoms with E-state index in [1.54, 1.807) is 6.92 Å². The largest absolute Gasteiger partial charge is 0.381 e. The highest BCUT2D eigenvalue weighted by atomic mass is 79.9. The molecule has 0 aromatic carbocycles. The van der Waals surface area contributed by atoms with Crippen molar-refractivity contribution in [1.29, 1.82) is 0 Å². The minimum atomic E-state index is -1.12. The van der Waals surface area contributed by atoms with Gasteiger partial charge >= 0.3 is 0 Å². The Labute approximate surface area is 95.1 Å². The van der Waals surface area contributed by atoms with Crippen LogP contribution in [0.25, 0.3) is 0 Å². The third kappa shape index (κ3) is 1.73. The Balaban J connectivity index is 3.24. The average Bonchev–Trinajstić information content (AvgIpc) is 1.97. The van der Waals surface area contributed by atoms with Crippen molar-refractivity contribution in [2.24, 2.45) is 0 Å². The number of aliphatic hydroxyl groups is 1. The zero-order valence-corrected chi connectivity index (χ0v) is 10.8. The first-order valence-electron chi connectivity index (χ1n) is 3.07. The molecule has 0 radical (unpaired) electrons. The van der Waals surface area contributed by atoms with Gasteiger partial charge < -0.3 is 5.11 Å². The molecule has 0 aromatic heterocycles. The van der Waals surface area contributed by atoms with Gasteiger partial charge in [0.15, 0.2) is 0 Å². The maximum absolute atomic E-state index is 11.3. The van der Waals surface area contributed by atoms with Crippen molar-refractivity contribution in [3.63, 3.8) is 0 Å². The Morgan fingerprint density at radius 1 is 1.42 bits per heavy atom. The fourth-order valence-corrected chi connectivity index (χ4v) is 2.62. The van der Waals surface area contributed by atoms with Crippen molar-refractivity contribution in [3.8, 4) is 0 Å². The van der Waals surface area contributed by atoms with Crippen LogP contribution in [0.2, 0.25) is 0 Å². The van der Waals surface area contributed by atoms with E-state index in [2.05, 4.69) is 47.8 Å². The van der Waals surface area contributed by atoms with Gasteiger partial charge in [-0.25, -0.2) is 0 Å². The zero-order valence-electron chi connectivity index (χ0n) is 6.07. The van der Waals surface area contributed by atoms with Crippen LogP contribution in [-0.2, 0) is 4.79 Å². The van der Waals surface area contributed by atoms with Crippen LogP contribution in [0.5, 0.6) is 0 Å². The number of Topliss-reactive ketones (excluding diaryl/α,β-unsaturated/α-hetero) is 1. The second-order valence-corrected chi connectivity index (χ2v) is 5.04. The summed E-state index contributed by atoms with van der Waals surface area (Å²) in [6, 6.07) is 0. The Morgan fingerprint density at radius 2 is 1.92 bits per heavy atom. The molecule has 1 aliphatic rings. The second kappa shape index (κ2) is 3.36. The van der Waals surface area contributed by atoms with E-state index in [0.717, 1.165) is 0 Å². The van der Waals surface area contributed by atoms with Crippen molar-refractivity contribution in [2.45, 2.75) is 12.5 Å². The molecule has 12 heavy (non-hydrogen) atoms. The molecule has 0 fully saturated rings. The van der Waals surface area contributed by atoms with Gasteiger partial charge in [0.2, 0.25) is 5.78 Å². The molecule has 0 saturated carbocycles. The van der Waals surface area contributed by atoms with Crippen LogP contribution in [0, 0.1) is 0 Å². The summed E-state index contributed by atoms with van der Waals surface area (Å²) in [5.74, 6) is -0.173. The number of carbonyl (C=O) groups is 1. The van der Waals surface area contributed by atoms with Gasteiger partial charge in [0.25, 0.3) is 0 Å². The third-order valence-corrected chi connectivity index (χ3v) is 4.54. The van der Waals surface area contributed by atoms with Crippen molar-refractivity contribution >= 4 is 53.6 Å². The molecule has 0 bridgehead atoms. The highest BCUT2D eigenvalue weighted by Gasteiger charge is 2.32. The summed E-state index contributed by atoms with van der Waals surface area (Å²) < 4.78 is 1.16. The topological polar surface area (TPSA) is 37.3 Å². The Bertz CT molecular complexity index is 302. The average molecular weight is 361 g/mol. The fourth-order valence-electron chi connectivity index (χ4n) is 0.802. The second-order valence-electron chi connectivity index (χ2n) is 2.60. The van der Waals surface area contributed by atoms with Crippen LogP contribution < -0.4 is 0 Å². The fraction of sp³-hybridized carbons (Fsp3) is 0.286. The Morgan fingerprint density at radius 3 is 2.42 bits per heavy atom. The monoisotopic (exact) mass is 358 g/mol. The lowest BCUT2D eigenvalue weighted by Crippen LogP contribution is -2.27. The molecule has 0 aliphatic heterocycles. The summed E-state index contributed by atoms with van der Waals surface area (Å²) in [5, 5.41) is 9.71. The number of hydrogen-bond acceptors (Lipinski definition) is 2. The van der Waals surface area contributed by atoms with Crippen LogP contribution in [0.4, 0.5) is 0 Å². The molecule has 66 valence electrons. The molecule has 0 aromatic rings. The molecule has 1 atom stereocenters. The molecular formula is C7H5Br3O2. The number of allylic oxidation sites excluding steroid dienone is 2. The maximum atomic E-state index is 11.3. The molecule has 1 N–H and O–H groups in total. The number of hydrogen-bond donors (Lipinski definition) is 1. The molecule has 0 saturated heterocycles. The number of ketones is 1. The van der Waals surface area contributed by atoms with E-state index in [4.69, 9.17) is 0 Å². The van der Waals surface area contributed by atoms with E-state index < -0.39 is 5.60 Å². The van der Waals surface area contributed by atoms with E-state index in [1.807, 2.05) is 0 Å². The Kier molecular flexibility index (Phi) is 2.98. The minimum Gasteiger partial charge on any atom is -0.381 e. The van der Waals surface area contributed by atoms with E-state index in [1.165, 1.54) is 6.08 Å². The molecule has 0 heterocycles. The summed E-state index contributed by atoms with van der Waals surface area (Å²) >= 11 is 9.29. The summed E-state index contributed by atoms with van der Waals surface area (Å²) in [4.78, 5) is 11.3. The standard InChI is InChI=1S/C7H5Br3O2/c1-7(12)2-3(8)5(11)4(9)6(7)10/h2,12H,1H3. The summed E-state index contributed by atoms with van der Waals surface area (Å²) in [5.41, 5.74) is -1.12. The quantitative estimate of drug-likeness (QED) is 0.721. The van der Waals surface area contributed by atoms with Gasteiger partial charge in [0.1, 0.15) is 5.60 Å². The van der Waals surface area contributed by atoms with Gasteiger partial charge in [-0.05, 0) is 44.9 Å². The first-order valence-corrected chi connectivity index (χ1v) is 5.45. The molecule has 2 nitrogen and oxygen atoms in total. The van der Waals surface area contributed by atoms with Crippen LogP contribution in [0.15, 0.2) is 19.5 Å². The maximum Gasteiger partial charge on any atom is 0.207 e. The third-order valence-electron chi connectivity index (χ3n) is 1.46. The van der Waals surface area contributed by atoms with Crippen molar-refractivity contribution in [2.75, 3.05) is 0 Å². The van der Waals surface area contributed by atoms with Crippen LogP contribution in [-0.4, -0.2) is 16.5 Å². The molecule has 0 amide bonds. The van der Waals surface area contributed by atoms with E-state index in [-0.39, 0.29) is 5.78 Å². The van der Waals surface area contributed by atoms with Gasteiger partial charge in [-0.3, -0.25) is 4.79 Å². The first kappa shape index (κ1) is 10.6. The zero-order chi connectivity index (χ0) is 9.52. The summed E-state index contributed by atoms with van der Waals surface area (Å²) in [7, 11) is 0. The van der Waals surface area contributed by atoms with Gasteiger partial charge in [0, 0.05) is 4.48 Å². The van der Waals surface area contributed by atoms with E-state index in [0.29, 0.717) is 13.4 Å². The normalized spacial score (nSPS) is 30.8. The summed E-state index contributed by atoms with van der Waals surface area (Å²) in [6.07, 6.45) is 1.45. The molecule has 1 unspecified atom stereocenters. The van der Waals surface area contributed by atoms with Crippen LogP contribution in [0.3, 0.4) is 0 Å². The number of halogens is 3. The van der Waals surface area contributed by atoms with Gasteiger partial charge in [-0.1, -0.05) is 15.9 Å². The summed E-state index contributed by atoms with van der Waals surface area (Å²) in [6.45, 7) is 1.59. The highest BCUT2D eigenvalue weighted by molar-refractivity contribution is 9.14. The van der Waals surface area contributed by atoms with Crippen LogP contribution >= 0.6 is 47.8 Å². The highest BCUT2D eigenvalue weighted by Crippen LogP contribution is 2.38. The molecular weight excluding hydrogens is 356 g/mol. The smallest absolute Gasteiger partial charge is 0.207 e. The SMILES string of the molecule is CC1(O)C=C(Br)C(=O)C(Br)=C1Br. The molecule has 5 heteroatoms. The predicted molar refractivity (Wildman–Crippen MR) is 57.5 cm³/mol. The predicted octanol–water partition coefficient (Wildman–Crippen LogP) is 2.60. The Hall–Kier alpha value is 0.550.